The van der Waals surface area contributed by atoms with Crippen LogP contribution in [0.2, 0.25) is 5.02 Å². The van der Waals surface area contributed by atoms with E-state index in [0.717, 1.165) is 5.56 Å². The van der Waals surface area contributed by atoms with Gasteiger partial charge in [-0.3, -0.25) is 19.7 Å². The third-order valence-corrected chi connectivity index (χ3v) is 8.10. The Morgan fingerprint density at radius 3 is 2.77 bits per heavy atom. The summed E-state index contributed by atoms with van der Waals surface area (Å²) in [6, 6.07) is 3.81. The minimum atomic E-state index is -3.78. The first-order valence-electron chi connectivity index (χ1n) is 9.17. The summed E-state index contributed by atoms with van der Waals surface area (Å²) in [4.78, 5) is 38.5. The number of nitrogens with zero attached hydrogens (tertiary/aromatic N) is 1. The second kappa shape index (κ2) is 7.77. The van der Waals surface area contributed by atoms with Crippen LogP contribution in [0.1, 0.15) is 39.2 Å². The molecule has 11 heteroatoms. The zero-order chi connectivity index (χ0) is 21.6. The molecule has 8 nitrogen and oxygen atoms in total. The SMILES string of the molecule is Cc1ccc(S(=O)(=O)NCc2scc3c2CN(C2CCC(=O)NC2=O)C3=O)cc1Cl. The number of imide groups is 1. The van der Waals surface area contributed by atoms with E-state index in [1.165, 1.54) is 28.4 Å². The maximum absolute atomic E-state index is 12.7. The van der Waals surface area contributed by atoms with Gasteiger partial charge in [0.25, 0.3) is 5.91 Å². The third-order valence-electron chi connectivity index (χ3n) is 5.26. The first-order valence-corrected chi connectivity index (χ1v) is 11.9. The molecule has 0 saturated carbocycles. The number of nitrogens with one attached hydrogen (secondary N) is 2. The molecule has 0 spiro atoms. The molecule has 3 heterocycles. The van der Waals surface area contributed by atoms with Crippen LogP contribution in [0.25, 0.3) is 0 Å². The Balaban J connectivity index is 1.50. The summed E-state index contributed by atoms with van der Waals surface area (Å²) in [5.74, 6) is -1.11. The Morgan fingerprint density at radius 1 is 1.30 bits per heavy atom. The van der Waals surface area contributed by atoms with Gasteiger partial charge in [-0.05, 0) is 36.6 Å². The van der Waals surface area contributed by atoms with Crippen LogP contribution < -0.4 is 10.0 Å². The normalized spacial score (nSPS) is 19.2. The molecule has 1 fully saturated rings. The highest BCUT2D eigenvalue weighted by molar-refractivity contribution is 7.89. The van der Waals surface area contributed by atoms with Crippen molar-refractivity contribution in [2.45, 2.75) is 43.8 Å². The predicted octanol–water partition coefficient (Wildman–Crippen LogP) is 1.95. The van der Waals surface area contributed by atoms with Gasteiger partial charge in [-0.1, -0.05) is 17.7 Å². The van der Waals surface area contributed by atoms with Gasteiger partial charge in [0, 0.05) is 34.8 Å². The van der Waals surface area contributed by atoms with Gasteiger partial charge in [-0.2, -0.15) is 0 Å². The number of rotatable bonds is 5. The van der Waals surface area contributed by atoms with E-state index in [1.54, 1.807) is 18.4 Å². The van der Waals surface area contributed by atoms with E-state index in [9.17, 15) is 22.8 Å². The fraction of sp³-hybridized carbons (Fsp3) is 0.316. The highest BCUT2D eigenvalue weighted by Gasteiger charge is 2.40. The fourth-order valence-corrected chi connectivity index (χ4v) is 5.87. The van der Waals surface area contributed by atoms with Crippen LogP contribution in [0.5, 0.6) is 0 Å². The molecule has 30 heavy (non-hydrogen) atoms. The minimum absolute atomic E-state index is 0.0182. The molecular formula is C19H18ClN3O5S2. The van der Waals surface area contributed by atoms with E-state index in [4.69, 9.17) is 11.6 Å². The number of sulfonamides is 1. The van der Waals surface area contributed by atoms with Crippen molar-refractivity contribution in [3.05, 3.63) is 50.2 Å². The smallest absolute Gasteiger partial charge is 0.256 e. The lowest BCUT2D eigenvalue weighted by atomic mass is 10.0. The van der Waals surface area contributed by atoms with Gasteiger partial charge in [0.2, 0.25) is 21.8 Å². The average molecular weight is 468 g/mol. The molecule has 0 bridgehead atoms. The molecule has 1 unspecified atom stereocenters. The van der Waals surface area contributed by atoms with E-state index in [1.807, 2.05) is 0 Å². The number of thiophene rings is 1. The van der Waals surface area contributed by atoms with Crippen LogP contribution in [0.3, 0.4) is 0 Å². The molecule has 2 aromatic rings. The summed E-state index contributed by atoms with van der Waals surface area (Å²) < 4.78 is 27.8. The molecular weight excluding hydrogens is 450 g/mol. The number of carbonyl (C=O) groups is 3. The standard InChI is InChI=1S/C19H18ClN3O5S2/c1-10-2-3-11(6-14(10)20)30(27,28)21-7-16-12-8-23(19(26)13(12)9-29-16)15-4-5-17(24)22-18(15)25/h2-3,6,9,15,21H,4-5,7-8H2,1H3,(H,22,24,25). The largest absolute Gasteiger partial charge is 0.322 e. The van der Waals surface area contributed by atoms with Gasteiger partial charge in [-0.15, -0.1) is 11.3 Å². The molecule has 0 radical (unpaired) electrons. The van der Waals surface area contributed by atoms with Gasteiger partial charge < -0.3 is 4.90 Å². The van der Waals surface area contributed by atoms with Gasteiger partial charge >= 0.3 is 0 Å². The Labute approximate surface area is 182 Å². The van der Waals surface area contributed by atoms with Crippen LogP contribution in [0, 0.1) is 6.92 Å². The van der Waals surface area contributed by atoms with Gasteiger partial charge in [-0.25, -0.2) is 13.1 Å². The Hall–Kier alpha value is -2.27. The van der Waals surface area contributed by atoms with Crippen LogP contribution >= 0.6 is 22.9 Å². The minimum Gasteiger partial charge on any atom is -0.322 e. The van der Waals surface area contributed by atoms with Crippen molar-refractivity contribution in [1.82, 2.24) is 14.9 Å². The molecule has 1 aromatic carbocycles. The van der Waals surface area contributed by atoms with Crippen LogP contribution in [0.4, 0.5) is 0 Å². The highest BCUT2D eigenvalue weighted by atomic mass is 35.5. The van der Waals surface area contributed by atoms with E-state index >= 15 is 0 Å². The number of amides is 3. The number of piperidine rings is 1. The lowest BCUT2D eigenvalue weighted by Crippen LogP contribution is -2.52. The van der Waals surface area contributed by atoms with Crippen molar-refractivity contribution < 1.29 is 22.8 Å². The molecule has 2 N–H and O–H groups in total. The number of hydrogen-bond donors (Lipinski definition) is 2. The predicted molar refractivity (Wildman–Crippen MR) is 111 cm³/mol. The Kier molecular flexibility index (Phi) is 5.43. The van der Waals surface area contributed by atoms with Crippen molar-refractivity contribution in [3.63, 3.8) is 0 Å². The fourth-order valence-electron chi connectivity index (χ4n) is 3.54. The summed E-state index contributed by atoms with van der Waals surface area (Å²) in [6.07, 6.45) is 0.457. The van der Waals surface area contributed by atoms with Gasteiger partial charge in [0.1, 0.15) is 6.04 Å². The first kappa shape index (κ1) is 21.0. The summed E-state index contributed by atoms with van der Waals surface area (Å²) >= 11 is 7.33. The lowest BCUT2D eigenvalue weighted by molar-refractivity contribution is -0.136. The number of fused-ring (bicyclic) bond motifs is 1. The van der Waals surface area contributed by atoms with Crippen LogP contribution in [-0.2, 0) is 32.7 Å². The summed E-state index contributed by atoms with van der Waals surface area (Å²) in [5.41, 5.74) is 1.95. The quantitative estimate of drug-likeness (QED) is 0.652. The summed E-state index contributed by atoms with van der Waals surface area (Å²) in [5, 5.41) is 4.30. The van der Waals surface area contributed by atoms with E-state index in [-0.39, 0.29) is 42.6 Å². The van der Waals surface area contributed by atoms with Crippen molar-refractivity contribution in [3.8, 4) is 0 Å². The Morgan fingerprint density at radius 2 is 2.07 bits per heavy atom. The monoisotopic (exact) mass is 467 g/mol. The van der Waals surface area contributed by atoms with E-state index in [2.05, 4.69) is 10.0 Å². The van der Waals surface area contributed by atoms with E-state index < -0.39 is 22.0 Å². The van der Waals surface area contributed by atoms with Crippen molar-refractivity contribution in [2.24, 2.45) is 0 Å². The molecule has 1 saturated heterocycles. The third kappa shape index (κ3) is 3.76. The Bertz CT molecular complexity index is 1170. The molecule has 1 atom stereocenters. The van der Waals surface area contributed by atoms with Crippen LogP contribution in [-0.4, -0.2) is 37.1 Å². The topological polar surface area (TPSA) is 113 Å². The zero-order valence-electron chi connectivity index (χ0n) is 15.9. The van der Waals surface area contributed by atoms with Crippen LogP contribution in [0.15, 0.2) is 28.5 Å². The van der Waals surface area contributed by atoms with E-state index in [0.29, 0.717) is 21.0 Å². The van der Waals surface area contributed by atoms with Gasteiger partial charge in [0.15, 0.2) is 0 Å². The van der Waals surface area contributed by atoms with Gasteiger partial charge in [0.05, 0.1) is 10.5 Å². The molecule has 4 rings (SSSR count). The molecule has 158 valence electrons. The van der Waals surface area contributed by atoms with Crippen molar-refractivity contribution in [1.29, 1.82) is 0 Å². The first-order chi connectivity index (χ1) is 14.2. The molecule has 3 amide bonds. The number of carbonyl (C=O) groups excluding carboxylic acids is 3. The van der Waals surface area contributed by atoms with Crippen molar-refractivity contribution in [2.75, 3.05) is 0 Å². The lowest BCUT2D eigenvalue weighted by Gasteiger charge is -2.29. The number of halogens is 1. The number of benzene rings is 1. The summed E-state index contributed by atoms with van der Waals surface area (Å²) in [7, 11) is -3.78. The second-order valence-electron chi connectivity index (χ2n) is 7.19. The van der Waals surface area contributed by atoms with Crippen molar-refractivity contribution >= 4 is 50.7 Å². The zero-order valence-corrected chi connectivity index (χ0v) is 18.3. The average Bonchev–Trinajstić information content (AvgIpc) is 3.23. The molecule has 2 aliphatic rings. The maximum Gasteiger partial charge on any atom is 0.256 e. The number of hydrogen-bond acceptors (Lipinski definition) is 6. The molecule has 0 aliphatic carbocycles. The maximum atomic E-state index is 12.7. The molecule has 2 aliphatic heterocycles. The number of aryl methyl sites for hydroxylation is 1. The summed E-state index contributed by atoms with van der Waals surface area (Å²) in [6.45, 7) is 2.01. The second-order valence-corrected chi connectivity index (χ2v) is 10.3. The molecule has 1 aromatic heterocycles. The highest BCUT2D eigenvalue weighted by Crippen LogP contribution is 2.34.